The van der Waals surface area contributed by atoms with Crippen molar-refractivity contribution in [2.75, 3.05) is 0 Å². The van der Waals surface area contributed by atoms with Crippen LogP contribution in [0.2, 0.25) is 0 Å². The van der Waals surface area contributed by atoms with Gasteiger partial charge in [0, 0.05) is 0 Å². The molecule has 24 heavy (non-hydrogen) atoms. The van der Waals surface area contributed by atoms with Gasteiger partial charge >= 0.3 is 0 Å². The molecule has 3 aromatic rings. The summed E-state index contributed by atoms with van der Waals surface area (Å²) in [5.41, 5.74) is 6.82. The Balaban J connectivity index is 2.27. The van der Waals surface area contributed by atoms with Crippen molar-refractivity contribution in [3.05, 3.63) is 88.5 Å². The Labute approximate surface area is 147 Å². The molecule has 0 unspecified atom stereocenters. The second kappa shape index (κ2) is 6.91. The van der Waals surface area contributed by atoms with Crippen molar-refractivity contribution in [1.29, 1.82) is 0 Å². The summed E-state index contributed by atoms with van der Waals surface area (Å²) < 4.78 is 0. The van der Waals surface area contributed by atoms with Crippen molar-refractivity contribution in [2.45, 2.75) is 34.6 Å². The molecule has 1 heteroatoms. The van der Waals surface area contributed by atoms with Crippen LogP contribution in [0.4, 0.5) is 0 Å². The van der Waals surface area contributed by atoms with Gasteiger partial charge in [0.2, 0.25) is 0 Å². The van der Waals surface area contributed by atoms with Crippen molar-refractivity contribution in [3.63, 3.8) is 0 Å². The zero-order valence-corrected chi connectivity index (χ0v) is 16.1. The van der Waals surface area contributed by atoms with Gasteiger partial charge in [-0.25, -0.2) is 0 Å². The highest BCUT2D eigenvalue weighted by molar-refractivity contribution is 7.80. The van der Waals surface area contributed by atoms with E-state index in [1.165, 1.54) is 43.7 Å². The van der Waals surface area contributed by atoms with E-state index in [0.717, 1.165) is 0 Å². The van der Waals surface area contributed by atoms with Crippen LogP contribution < -0.4 is 15.9 Å². The van der Waals surface area contributed by atoms with E-state index in [1.54, 1.807) is 0 Å². The lowest BCUT2D eigenvalue weighted by Gasteiger charge is -2.25. The number of benzene rings is 3. The predicted molar refractivity (Wildman–Crippen MR) is 109 cm³/mol. The van der Waals surface area contributed by atoms with Gasteiger partial charge in [0.1, 0.15) is 0 Å². The van der Waals surface area contributed by atoms with E-state index in [-0.39, 0.29) is 0 Å². The van der Waals surface area contributed by atoms with Gasteiger partial charge < -0.3 is 0 Å². The fourth-order valence-electron chi connectivity index (χ4n) is 3.32. The second-order valence-electron chi connectivity index (χ2n) is 6.70. The Hall–Kier alpha value is -1.91. The normalized spacial score (nSPS) is 11.1. The molecule has 0 atom stereocenters. The lowest BCUT2D eigenvalue weighted by atomic mass is 10.1. The van der Waals surface area contributed by atoms with Crippen LogP contribution in [0.25, 0.3) is 0 Å². The summed E-state index contributed by atoms with van der Waals surface area (Å²) in [7, 11) is -0.533. The maximum Gasteiger partial charge on any atom is -0.0122 e. The molecule has 0 nitrogen and oxygen atoms in total. The molecule has 0 amide bonds. The molecule has 0 radical (unpaired) electrons. The Kier molecular flexibility index (Phi) is 4.88. The minimum Gasteiger partial charge on any atom is -0.0620 e. The number of hydrogen-bond donors (Lipinski definition) is 0. The molecular weight excluding hydrogens is 307 g/mol. The van der Waals surface area contributed by atoms with Crippen LogP contribution >= 0.6 is 7.92 Å². The van der Waals surface area contributed by atoms with Crippen LogP contribution in [0.3, 0.4) is 0 Å². The molecule has 0 aromatic heterocycles. The van der Waals surface area contributed by atoms with E-state index in [4.69, 9.17) is 0 Å². The van der Waals surface area contributed by atoms with Crippen LogP contribution in [0.5, 0.6) is 0 Å². The van der Waals surface area contributed by atoms with E-state index in [2.05, 4.69) is 95.3 Å². The zero-order valence-electron chi connectivity index (χ0n) is 15.2. The SMILES string of the molecule is Cc1ccc(P(c2ccccc2C)c2ccc(C)cc2C)c(C)c1. The highest BCUT2D eigenvalue weighted by atomic mass is 31.1. The predicted octanol–water partition coefficient (Wildman–Crippen LogP) is 4.99. The summed E-state index contributed by atoms with van der Waals surface area (Å²) >= 11 is 0. The quantitative estimate of drug-likeness (QED) is 0.593. The average Bonchev–Trinajstić information content (AvgIpc) is 2.52. The molecule has 0 heterocycles. The highest BCUT2D eigenvalue weighted by Crippen LogP contribution is 2.36. The maximum atomic E-state index is 2.34. The van der Waals surface area contributed by atoms with Gasteiger partial charge in [-0.15, -0.1) is 0 Å². The molecule has 0 saturated carbocycles. The van der Waals surface area contributed by atoms with Gasteiger partial charge in [-0.1, -0.05) is 71.8 Å². The minimum atomic E-state index is -0.533. The van der Waals surface area contributed by atoms with Gasteiger partial charge in [-0.3, -0.25) is 0 Å². The largest absolute Gasteiger partial charge is 0.0620 e. The molecule has 3 rings (SSSR count). The smallest absolute Gasteiger partial charge is 0.0122 e. The van der Waals surface area contributed by atoms with E-state index in [1.807, 2.05) is 0 Å². The topological polar surface area (TPSA) is 0 Å². The molecule has 0 fully saturated rings. The Morgan fingerprint density at radius 1 is 0.500 bits per heavy atom. The molecule has 0 bridgehead atoms. The summed E-state index contributed by atoms with van der Waals surface area (Å²) in [5, 5.41) is 4.40. The molecule has 3 aromatic carbocycles. The van der Waals surface area contributed by atoms with Crippen molar-refractivity contribution < 1.29 is 0 Å². The molecule has 122 valence electrons. The van der Waals surface area contributed by atoms with Crippen LogP contribution in [0, 0.1) is 34.6 Å². The van der Waals surface area contributed by atoms with Crippen molar-refractivity contribution >= 4 is 23.8 Å². The first-order valence-corrected chi connectivity index (χ1v) is 9.82. The second-order valence-corrected chi connectivity index (χ2v) is 8.82. The monoisotopic (exact) mass is 332 g/mol. The summed E-state index contributed by atoms with van der Waals surface area (Å²) in [4.78, 5) is 0. The first kappa shape index (κ1) is 16.9. The van der Waals surface area contributed by atoms with Crippen LogP contribution in [0.15, 0.2) is 60.7 Å². The molecule has 0 aliphatic carbocycles. The maximum absolute atomic E-state index is 2.34. The van der Waals surface area contributed by atoms with E-state index in [9.17, 15) is 0 Å². The first-order chi connectivity index (χ1) is 11.5. The average molecular weight is 332 g/mol. The third-order valence-corrected chi connectivity index (χ3v) is 7.49. The first-order valence-electron chi connectivity index (χ1n) is 8.47. The number of hydrogen-bond acceptors (Lipinski definition) is 0. The molecule has 0 spiro atoms. The number of aryl methyl sites for hydroxylation is 5. The molecule has 0 N–H and O–H groups in total. The van der Waals surface area contributed by atoms with Crippen molar-refractivity contribution in [1.82, 2.24) is 0 Å². The molecule has 0 aliphatic heterocycles. The summed E-state index contributed by atoms with van der Waals surface area (Å²) in [5.74, 6) is 0. The Morgan fingerprint density at radius 2 is 0.958 bits per heavy atom. The summed E-state index contributed by atoms with van der Waals surface area (Å²) in [6, 6.07) is 22.6. The summed E-state index contributed by atoms with van der Waals surface area (Å²) in [6.45, 7) is 11.1. The lowest BCUT2D eigenvalue weighted by Crippen LogP contribution is -2.25. The highest BCUT2D eigenvalue weighted by Gasteiger charge is 2.21. The number of rotatable bonds is 3. The van der Waals surface area contributed by atoms with Gasteiger partial charge in [0.05, 0.1) is 0 Å². The molecule has 0 aliphatic rings. The van der Waals surface area contributed by atoms with Gasteiger partial charge in [0.25, 0.3) is 0 Å². The molecule has 0 saturated heterocycles. The third kappa shape index (κ3) is 3.30. The van der Waals surface area contributed by atoms with E-state index >= 15 is 0 Å². The summed E-state index contributed by atoms with van der Waals surface area (Å²) in [6.07, 6.45) is 0. The van der Waals surface area contributed by atoms with Crippen LogP contribution in [-0.4, -0.2) is 0 Å². The van der Waals surface area contributed by atoms with Crippen molar-refractivity contribution in [3.8, 4) is 0 Å². The standard InChI is InChI=1S/C23H25P/c1-16-10-12-22(19(4)14-16)24(21-9-7-6-8-18(21)3)23-13-11-17(2)15-20(23)5/h6-15H,1-5H3. The van der Waals surface area contributed by atoms with Gasteiger partial charge in [-0.05, 0) is 75.1 Å². The van der Waals surface area contributed by atoms with Crippen LogP contribution in [0.1, 0.15) is 27.8 Å². The Bertz CT molecular complexity index is 825. The fourth-order valence-corrected chi connectivity index (χ4v) is 6.04. The third-order valence-electron chi connectivity index (χ3n) is 4.54. The van der Waals surface area contributed by atoms with Gasteiger partial charge in [0.15, 0.2) is 0 Å². The van der Waals surface area contributed by atoms with E-state index in [0.29, 0.717) is 0 Å². The van der Waals surface area contributed by atoms with Crippen LogP contribution in [-0.2, 0) is 0 Å². The van der Waals surface area contributed by atoms with Crippen molar-refractivity contribution in [2.24, 2.45) is 0 Å². The molecular formula is C23H25P. The minimum absolute atomic E-state index is 0.533. The Morgan fingerprint density at radius 3 is 1.42 bits per heavy atom. The zero-order chi connectivity index (χ0) is 17.3. The lowest BCUT2D eigenvalue weighted by molar-refractivity contribution is 1.40. The van der Waals surface area contributed by atoms with Gasteiger partial charge in [-0.2, -0.15) is 0 Å². The fraction of sp³-hybridized carbons (Fsp3) is 0.217. The van der Waals surface area contributed by atoms with E-state index < -0.39 is 7.92 Å².